The van der Waals surface area contributed by atoms with Crippen LogP contribution in [0.2, 0.25) is 5.02 Å². The van der Waals surface area contributed by atoms with E-state index in [0.29, 0.717) is 16.5 Å². The van der Waals surface area contributed by atoms with Gasteiger partial charge >= 0.3 is 0 Å². The molecule has 0 aliphatic rings. The van der Waals surface area contributed by atoms with Crippen LogP contribution in [0.15, 0.2) is 24.7 Å². The topological polar surface area (TPSA) is 66.5 Å². The first-order valence-corrected chi connectivity index (χ1v) is 6.84. The van der Waals surface area contributed by atoms with E-state index >= 15 is 0 Å². The molecule has 0 atom stereocenters. The number of aromatic nitrogens is 4. The molecule has 0 saturated carbocycles. The van der Waals surface area contributed by atoms with Gasteiger partial charge in [-0.15, -0.1) is 0 Å². The number of anilines is 1. The zero-order chi connectivity index (χ0) is 15.0. The maximum absolute atomic E-state index is 13.7. The Morgan fingerprint density at radius 3 is 2.86 bits per heavy atom. The first-order valence-electron chi connectivity index (χ1n) is 6.46. The molecule has 0 aliphatic heterocycles. The van der Waals surface area contributed by atoms with E-state index in [1.807, 2.05) is 13.8 Å². The van der Waals surface area contributed by atoms with Gasteiger partial charge < -0.3 is 10.3 Å². The Balaban J connectivity index is 2.12. The van der Waals surface area contributed by atoms with E-state index in [1.54, 1.807) is 18.5 Å². The molecule has 0 saturated heterocycles. The van der Waals surface area contributed by atoms with Crippen LogP contribution < -0.4 is 5.32 Å². The molecule has 0 aliphatic carbocycles. The van der Waals surface area contributed by atoms with Crippen LogP contribution in [0, 0.1) is 5.82 Å². The van der Waals surface area contributed by atoms with E-state index in [9.17, 15) is 4.39 Å². The fourth-order valence-electron chi connectivity index (χ4n) is 2.03. The average Bonchev–Trinajstić information content (AvgIpc) is 2.84. The van der Waals surface area contributed by atoms with Gasteiger partial charge in [0, 0.05) is 29.4 Å². The Hall–Kier alpha value is -2.21. The smallest absolute Gasteiger partial charge is 0.183 e. The van der Waals surface area contributed by atoms with Crippen molar-refractivity contribution in [2.75, 3.05) is 5.32 Å². The minimum atomic E-state index is -0.483. The van der Waals surface area contributed by atoms with Gasteiger partial charge in [0.15, 0.2) is 17.5 Å². The van der Waals surface area contributed by atoms with Crippen molar-refractivity contribution in [3.05, 3.63) is 35.5 Å². The van der Waals surface area contributed by atoms with Crippen molar-refractivity contribution in [1.29, 1.82) is 0 Å². The van der Waals surface area contributed by atoms with E-state index in [4.69, 9.17) is 11.6 Å². The van der Waals surface area contributed by atoms with Crippen LogP contribution in [-0.2, 0) is 0 Å². The van der Waals surface area contributed by atoms with Crippen LogP contribution in [0.5, 0.6) is 0 Å². The molecular weight excluding hydrogens is 293 g/mol. The molecule has 0 amide bonds. The third kappa shape index (κ3) is 2.67. The molecule has 3 heterocycles. The van der Waals surface area contributed by atoms with Crippen molar-refractivity contribution in [3.63, 3.8) is 0 Å². The molecule has 3 rings (SSSR count). The van der Waals surface area contributed by atoms with Gasteiger partial charge in [0.2, 0.25) is 0 Å². The molecular formula is C14H13ClFN5. The lowest BCUT2D eigenvalue weighted by Gasteiger charge is -2.10. The van der Waals surface area contributed by atoms with E-state index in [1.165, 1.54) is 0 Å². The summed E-state index contributed by atoms with van der Waals surface area (Å²) >= 11 is 5.97. The van der Waals surface area contributed by atoms with E-state index < -0.39 is 5.82 Å². The zero-order valence-corrected chi connectivity index (χ0v) is 12.2. The van der Waals surface area contributed by atoms with E-state index in [0.717, 1.165) is 17.1 Å². The normalized spacial score (nSPS) is 11.3. The molecule has 0 aromatic carbocycles. The number of hydrogen-bond donors (Lipinski definition) is 2. The van der Waals surface area contributed by atoms with Crippen LogP contribution in [-0.4, -0.2) is 26.0 Å². The Morgan fingerprint density at radius 2 is 2.10 bits per heavy atom. The second-order valence-corrected chi connectivity index (χ2v) is 5.38. The van der Waals surface area contributed by atoms with Gasteiger partial charge in [0.05, 0.1) is 11.2 Å². The number of nitrogens with one attached hydrogen (secondary N) is 2. The summed E-state index contributed by atoms with van der Waals surface area (Å²) in [6.45, 7) is 3.83. The van der Waals surface area contributed by atoms with Crippen molar-refractivity contribution >= 4 is 28.5 Å². The first-order chi connectivity index (χ1) is 10.0. The molecule has 108 valence electrons. The number of halogens is 2. The number of rotatable bonds is 3. The summed E-state index contributed by atoms with van der Waals surface area (Å²) in [5, 5.41) is 4.27. The molecule has 7 heteroatoms. The maximum atomic E-state index is 13.7. The van der Waals surface area contributed by atoms with Crippen molar-refractivity contribution in [2.24, 2.45) is 0 Å². The van der Waals surface area contributed by atoms with Crippen LogP contribution in [0.3, 0.4) is 0 Å². The molecule has 0 radical (unpaired) electrons. The molecule has 3 aromatic heterocycles. The van der Waals surface area contributed by atoms with Crippen LogP contribution in [0.4, 0.5) is 10.2 Å². The minimum Gasteiger partial charge on any atom is -0.365 e. The lowest BCUT2D eigenvalue weighted by molar-refractivity contribution is 0.615. The van der Waals surface area contributed by atoms with Crippen molar-refractivity contribution < 1.29 is 4.39 Å². The maximum Gasteiger partial charge on any atom is 0.183 e. The van der Waals surface area contributed by atoms with E-state index in [2.05, 4.69) is 25.3 Å². The highest BCUT2D eigenvalue weighted by atomic mass is 35.5. The summed E-state index contributed by atoms with van der Waals surface area (Å²) in [6.07, 6.45) is 4.45. The standard InChI is InChI=1S/C14H13ClFN5/c1-7(2)20-14-11(16)6-19-13(21-14)10-5-18-12-9(10)3-8(15)4-17-12/h3-7H,1-2H3,(H,17,18)(H,19,20,21). The van der Waals surface area contributed by atoms with Gasteiger partial charge in [-0.25, -0.2) is 19.3 Å². The van der Waals surface area contributed by atoms with Gasteiger partial charge in [-0.3, -0.25) is 0 Å². The Labute approximate surface area is 125 Å². The highest BCUT2D eigenvalue weighted by molar-refractivity contribution is 6.31. The van der Waals surface area contributed by atoms with Gasteiger partial charge in [-0.2, -0.15) is 0 Å². The molecule has 2 N–H and O–H groups in total. The molecule has 3 aromatic rings. The van der Waals surface area contributed by atoms with E-state index in [-0.39, 0.29) is 11.9 Å². The predicted molar refractivity (Wildman–Crippen MR) is 80.8 cm³/mol. The number of fused-ring (bicyclic) bond motifs is 1. The van der Waals surface area contributed by atoms with Gasteiger partial charge in [-0.05, 0) is 19.9 Å². The average molecular weight is 306 g/mol. The minimum absolute atomic E-state index is 0.0707. The first kappa shape index (κ1) is 13.8. The fourth-order valence-corrected chi connectivity index (χ4v) is 2.19. The molecule has 0 fully saturated rings. The summed E-state index contributed by atoms with van der Waals surface area (Å²) in [5.41, 5.74) is 1.41. The third-order valence-electron chi connectivity index (χ3n) is 2.91. The highest BCUT2D eigenvalue weighted by Gasteiger charge is 2.13. The summed E-state index contributed by atoms with van der Waals surface area (Å²) < 4.78 is 13.7. The molecule has 0 unspecified atom stereocenters. The quantitative estimate of drug-likeness (QED) is 0.775. The molecule has 5 nitrogen and oxygen atoms in total. The largest absolute Gasteiger partial charge is 0.365 e. The lowest BCUT2D eigenvalue weighted by Crippen LogP contribution is -2.13. The Morgan fingerprint density at radius 1 is 1.29 bits per heavy atom. The van der Waals surface area contributed by atoms with Crippen molar-refractivity contribution in [2.45, 2.75) is 19.9 Å². The van der Waals surface area contributed by atoms with Gasteiger partial charge in [0.25, 0.3) is 0 Å². The summed E-state index contributed by atoms with van der Waals surface area (Å²) in [5.74, 6) is 0.109. The monoisotopic (exact) mass is 305 g/mol. The number of nitrogens with zero attached hydrogens (tertiary/aromatic N) is 3. The van der Waals surface area contributed by atoms with Gasteiger partial charge in [0.1, 0.15) is 5.65 Å². The van der Waals surface area contributed by atoms with Crippen LogP contribution >= 0.6 is 11.6 Å². The van der Waals surface area contributed by atoms with Crippen LogP contribution in [0.1, 0.15) is 13.8 Å². The SMILES string of the molecule is CC(C)Nc1nc(-c2c[nH]c3ncc(Cl)cc23)ncc1F. The number of H-pyrrole nitrogens is 1. The van der Waals surface area contributed by atoms with Crippen molar-refractivity contribution in [1.82, 2.24) is 19.9 Å². The second kappa shape index (κ2) is 5.29. The third-order valence-corrected chi connectivity index (χ3v) is 3.11. The predicted octanol–water partition coefficient (Wildman–Crippen LogP) is 3.63. The second-order valence-electron chi connectivity index (χ2n) is 4.94. The number of aromatic amines is 1. The van der Waals surface area contributed by atoms with Crippen LogP contribution in [0.25, 0.3) is 22.4 Å². The number of pyridine rings is 1. The molecule has 0 spiro atoms. The fraction of sp³-hybridized carbons (Fsp3) is 0.214. The summed E-state index contributed by atoms with van der Waals surface area (Å²) in [7, 11) is 0. The molecule has 21 heavy (non-hydrogen) atoms. The highest BCUT2D eigenvalue weighted by Crippen LogP contribution is 2.28. The summed E-state index contributed by atoms with van der Waals surface area (Å²) in [6, 6.07) is 1.85. The summed E-state index contributed by atoms with van der Waals surface area (Å²) in [4.78, 5) is 15.5. The Kier molecular flexibility index (Phi) is 3.47. The zero-order valence-electron chi connectivity index (χ0n) is 11.5. The lowest BCUT2D eigenvalue weighted by atomic mass is 10.2. The van der Waals surface area contributed by atoms with Crippen molar-refractivity contribution in [3.8, 4) is 11.4 Å². The molecule has 0 bridgehead atoms. The van der Waals surface area contributed by atoms with Gasteiger partial charge in [-0.1, -0.05) is 11.6 Å². The Bertz CT molecular complexity index is 799. The number of hydrogen-bond acceptors (Lipinski definition) is 4.